The Morgan fingerprint density at radius 2 is 1.61 bits per heavy atom. The van der Waals surface area contributed by atoms with Crippen molar-refractivity contribution in [1.29, 1.82) is 0 Å². The second-order valence-corrected chi connectivity index (χ2v) is 5.89. The lowest BCUT2D eigenvalue weighted by molar-refractivity contribution is -0.138. The number of nitrogens with zero attached hydrogens (tertiary/aromatic N) is 2. The Hall–Kier alpha value is -0.570. The third kappa shape index (κ3) is 3.25. The van der Waals surface area contributed by atoms with Gasteiger partial charge in [0.25, 0.3) is 0 Å². The number of piperazine rings is 1. The maximum Gasteiger partial charge on any atom is 0.225 e. The van der Waals surface area contributed by atoms with Crippen molar-refractivity contribution in [1.82, 2.24) is 9.80 Å². The number of carbonyl (C=O) groups excluding carboxylic acids is 1. The second-order valence-electron chi connectivity index (χ2n) is 5.89. The van der Waals surface area contributed by atoms with Crippen LogP contribution in [0.1, 0.15) is 46.0 Å². The van der Waals surface area contributed by atoms with E-state index in [1.54, 1.807) is 0 Å². The zero-order chi connectivity index (χ0) is 13.0. The summed E-state index contributed by atoms with van der Waals surface area (Å²) in [4.78, 5) is 17.0. The first-order chi connectivity index (χ1) is 8.74. The number of hydrogen-bond acceptors (Lipinski definition) is 2. The average Bonchev–Trinajstić information content (AvgIpc) is 2.47. The smallest absolute Gasteiger partial charge is 0.225 e. The Kier molecular flexibility index (Phi) is 5.04. The molecule has 0 bridgehead atoms. The molecule has 0 atom stereocenters. The highest BCUT2D eigenvalue weighted by molar-refractivity contribution is 5.79. The minimum atomic E-state index is 0.334. The molecule has 1 saturated carbocycles. The van der Waals surface area contributed by atoms with Crippen LogP contribution in [0.4, 0.5) is 0 Å². The summed E-state index contributed by atoms with van der Waals surface area (Å²) in [5.41, 5.74) is 0. The second kappa shape index (κ2) is 6.55. The molecular weight excluding hydrogens is 224 g/mol. The number of likely N-dealkylation sites (N-methyl/N-ethyl adjacent to an activating group) is 1. The summed E-state index contributed by atoms with van der Waals surface area (Å²) in [7, 11) is 0. The molecule has 3 nitrogen and oxygen atoms in total. The van der Waals surface area contributed by atoms with E-state index in [1.807, 2.05) is 0 Å². The quantitative estimate of drug-likeness (QED) is 0.770. The molecule has 3 heteroatoms. The predicted octanol–water partition coefficient (Wildman–Crippen LogP) is 2.37. The van der Waals surface area contributed by atoms with E-state index in [0.717, 1.165) is 51.5 Å². The third-order valence-corrected chi connectivity index (χ3v) is 4.90. The third-order valence-electron chi connectivity index (χ3n) is 4.90. The van der Waals surface area contributed by atoms with Crippen molar-refractivity contribution in [3.63, 3.8) is 0 Å². The van der Waals surface area contributed by atoms with Crippen molar-refractivity contribution in [3.8, 4) is 0 Å². The summed E-state index contributed by atoms with van der Waals surface area (Å²) in [6, 6.07) is 0. The van der Waals surface area contributed by atoms with Crippen LogP contribution in [-0.2, 0) is 4.79 Å². The summed E-state index contributed by atoms with van der Waals surface area (Å²) in [6.07, 6.45) is 6.08. The average molecular weight is 252 g/mol. The first-order valence-corrected chi connectivity index (χ1v) is 7.75. The molecule has 2 fully saturated rings. The Bertz CT molecular complexity index is 238. The van der Waals surface area contributed by atoms with Crippen molar-refractivity contribution in [2.24, 2.45) is 11.8 Å². The van der Waals surface area contributed by atoms with Gasteiger partial charge in [-0.2, -0.15) is 0 Å². The lowest BCUT2D eigenvalue weighted by Gasteiger charge is -2.37. The molecule has 1 amide bonds. The van der Waals surface area contributed by atoms with Crippen LogP contribution in [0.15, 0.2) is 0 Å². The van der Waals surface area contributed by atoms with Gasteiger partial charge in [-0.1, -0.05) is 20.3 Å². The van der Waals surface area contributed by atoms with Gasteiger partial charge in [0.05, 0.1) is 0 Å². The van der Waals surface area contributed by atoms with Crippen LogP contribution < -0.4 is 0 Å². The van der Waals surface area contributed by atoms with Crippen LogP contribution in [0.3, 0.4) is 0 Å². The van der Waals surface area contributed by atoms with Crippen LogP contribution in [0.5, 0.6) is 0 Å². The van der Waals surface area contributed by atoms with Crippen molar-refractivity contribution in [2.75, 3.05) is 32.7 Å². The van der Waals surface area contributed by atoms with Gasteiger partial charge >= 0.3 is 0 Å². The first kappa shape index (κ1) is 13.9. The first-order valence-electron chi connectivity index (χ1n) is 7.75. The van der Waals surface area contributed by atoms with Gasteiger partial charge in [0, 0.05) is 32.1 Å². The molecule has 18 heavy (non-hydrogen) atoms. The molecule has 0 unspecified atom stereocenters. The number of amides is 1. The zero-order valence-electron chi connectivity index (χ0n) is 12.0. The number of hydrogen-bond donors (Lipinski definition) is 0. The van der Waals surface area contributed by atoms with E-state index in [4.69, 9.17) is 0 Å². The van der Waals surface area contributed by atoms with Gasteiger partial charge in [-0.3, -0.25) is 4.79 Å². The zero-order valence-corrected chi connectivity index (χ0v) is 12.0. The van der Waals surface area contributed by atoms with E-state index in [9.17, 15) is 4.79 Å². The lowest BCUT2D eigenvalue weighted by Crippen LogP contribution is -2.50. The van der Waals surface area contributed by atoms with Crippen molar-refractivity contribution < 1.29 is 4.79 Å². The molecule has 1 saturated heterocycles. The van der Waals surface area contributed by atoms with Crippen LogP contribution in [-0.4, -0.2) is 48.4 Å². The van der Waals surface area contributed by atoms with Crippen molar-refractivity contribution >= 4 is 5.91 Å². The lowest BCUT2D eigenvalue weighted by atomic mass is 9.80. The molecular formula is C15H28N2O. The highest BCUT2D eigenvalue weighted by atomic mass is 16.2. The van der Waals surface area contributed by atoms with Crippen molar-refractivity contribution in [2.45, 2.75) is 46.0 Å². The van der Waals surface area contributed by atoms with Gasteiger partial charge in [-0.15, -0.1) is 0 Å². The van der Waals surface area contributed by atoms with E-state index in [2.05, 4.69) is 23.6 Å². The molecule has 0 aromatic carbocycles. The SMILES string of the molecule is CCC1CCC(C(=O)N2CCN(CC)CC2)CC1. The van der Waals surface area contributed by atoms with Gasteiger partial charge in [0.15, 0.2) is 0 Å². The molecule has 1 heterocycles. The monoisotopic (exact) mass is 252 g/mol. The fourth-order valence-electron chi connectivity index (χ4n) is 3.36. The summed E-state index contributed by atoms with van der Waals surface area (Å²) in [6.45, 7) is 9.60. The predicted molar refractivity (Wildman–Crippen MR) is 74.4 cm³/mol. The minimum Gasteiger partial charge on any atom is -0.340 e. The Labute approximate surface area is 112 Å². The van der Waals surface area contributed by atoms with E-state index >= 15 is 0 Å². The molecule has 0 radical (unpaired) electrons. The summed E-state index contributed by atoms with van der Waals surface area (Å²) in [5.74, 6) is 1.66. The van der Waals surface area contributed by atoms with Crippen LogP contribution in [0.2, 0.25) is 0 Å². The summed E-state index contributed by atoms with van der Waals surface area (Å²) < 4.78 is 0. The van der Waals surface area contributed by atoms with E-state index in [1.165, 1.54) is 19.3 Å². The Balaban J connectivity index is 1.78. The molecule has 1 aliphatic heterocycles. The normalized spacial score (nSPS) is 30.4. The van der Waals surface area contributed by atoms with Gasteiger partial charge in [-0.25, -0.2) is 0 Å². The Morgan fingerprint density at radius 1 is 1.00 bits per heavy atom. The van der Waals surface area contributed by atoms with Gasteiger partial charge < -0.3 is 9.80 Å². The molecule has 2 rings (SSSR count). The van der Waals surface area contributed by atoms with Crippen LogP contribution in [0.25, 0.3) is 0 Å². The molecule has 0 spiro atoms. The molecule has 2 aliphatic rings. The van der Waals surface area contributed by atoms with E-state index in [-0.39, 0.29) is 0 Å². The van der Waals surface area contributed by atoms with Crippen LogP contribution >= 0.6 is 0 Å². The molecule has 104 valence electrons. The van der Waals surface area contributed by atoms with Gasteiger partial charge in [0.1, 0.15) is 0 Å². The van der Waals surface area contributed by atoms with E-state index in [0.29, 0.717) is 11.8 Å². The number of carbonyl (C=O) groups is 1. The van der Waals surface area contributed by atoms with Crippen LogP contribution in [0, 0.1) is 11.8 Å². The highest BCUT2D eigenvalue weighted by Gasteiger charge is 2.30. The molecule has 0 aromatic heterocycles. The summed E-state index contributed by atoms with van der Waals surface area (Å²) >= 11 is 0. The molecule has 0 N–H and O–H groups in total. The standard InChI is InChI=1S/C15H28N2O/c1-3-13-5-7-14(8-6-13)15(18)17-11-9-16(4-2)10-12-17/h13-14H,3-12H2,1-2H3. The Morgan fingerprint density at radius 3 is 2.11 bits per heavy atom. The van der Waals surface area contributed by atoms with E-state index < -0.39 is 0 Å². The molecule has 0 aromatic rings. The fourth-order valence-corrected chi connectivity index (χ4v) is 3.36. The maximum atomic E-state index is 12.5. The minimum absolute atomic E-state index is 0.334. The topological polar surface area (TPSA) is 23.6 Å². The van der Waals surface area contributed by atoms with Gasteiger partial charge in [0.2, 0.25) is 5.91 Å². The summed E-state index contributed by atoms with van der Waals surface area (Å²) in [5, 5.41) is 0. The van der Waals surface area contributed by atoms with Crippen molar-refractivity contribution in [3.05, 3.63) is 0 Å². The molecule has 1 aliphatic carbocycles. The van der Waals surface area contributed by atoms with Gasteiger partial charge in [-0.05, 0) is 38.1 Å². The number of rotatable bonds is 3. The highest BCUT2D eigenvalue weighted by Crippen LogP contribution is 2.31. The maximum absolute atomic E-state index is 12.5. The largest absolute Gasteiger partial charge is 0.340 e. The fraction of sp³-hybridized carbons (Fsp3) is 0.933.